The molecule has 29 heavy (non-hydrogen) atoms. The van der Waals surface area contributed by atoms with Crippen LogP contribution in [0.3, 0.4) is 0 Å². The lowest BCUT2D eigenvalue weighted by molar-refractivity contribution is -0.138. The molecule has 2 fully saturated rings. The maximum atomic E-state index is 12.9. The van der Waals surface area contributed by atoms with Crippen molar-refractivity contribution in [3.05, 3.63) is 29.3 Å². The minimum atomic E-state index is -1.16. The van der Waals surface area contributed by atoms with Crippen molar-refractivity contribution in [2.45, 2.75) is 35.5 Å². The lowest BCUT2D eigenvalue weighted by Gasteiger charge is -2.38. The predicted molar refractivity (Wildman–Crippen MR) is 117 cm³/mol. The van der Waals surface area contributed by atoms with Crippen LogP contribution in [0.1, 0.15) is 13.3 Å². The lowest BCUT2D eigenvalue weighted by Crippen LogP contribution is -2.55. The Morgan fingerprint density at radius 2 is 1.90 bits per heavy atom. The van der Waals surface area contributed by atoms with E-state index in [1.54, 1.807) is 4.90 Å². The molecule has 0 aromatic heterocycles. The Bertz CT molecular complexity index is 787. The van der Waals surface area contributed by atoms with E-state index in [2.05, 4.69) is 32.8 Å². The summed E-state index contributed by atoms with van der Waals surface area (Å²) in [7, 11) is 0. The number of carbonyl (C=O) groups excluding carboxylic acids is 2. The van der Waals surface area contributed by atoms with Gasteiger partial charge in [0, 0.05) is 32.2 Å². The number of anilines is 1. The van der Waals surface area contributed by atoms with Gasteiger partial charge in [0.05, 0.1) is 10.7 Å². The second-order valence-electron chi connectivity index (χ2n) is 7.00. The molecule has 8 nitrogen and oxygen atoms in total. The quantitative estimate of drug-likeness (QED) is 0.312. The van der Waals surface area contributed by atoms with Crippen molar-refractivity contribution < 1.29 is 24.2 Å². The van der Waals surface area contributed by atoms with Crippen molar-refractivity contribution in [2.24, 2.45) is 0 Å². The number of carbonyl (C=O) groups is 3. The number of aliphatic carboxylic acids is 1. The molecule has 2 aliphatic heterocycles. The number of carboxylic acid groups (broad SMARTS) is 1. The number of halogens is 2. The summed E-state index contributed by atoms with van der Waals surface area (Å²) in [4.78, 5) is 39.9. The van der Waals surface area contributed by atoms with E-state index >= 15 is 0 Å². The second-order valence-corrected chi connectivity index (χ2v) is 8.75. The van der Waals surface area contributed by atoms with Gasteiger partial charge in [-0.15, -0.1) is 0 Å². The van der Waals surface area contributed by atoms with Crippen LogP contribution in [0.4, 0.5) is 5.69 Å². The number of hydrogen-bond acceptors (Lipinski definition) is 5. The Balaban J connectivity index is 1.53. The highest BCUT2D eigenvalue weighted by atomic mass is 127. The number of ether oxygens (including phenoxy) is 1. The summed E-state index contributed by atoms with van der Waals surface area (Å²) in [5.74, 6) is -1.68. The first-order valence-electron chi connectivity index (χ1n) is 9.44. The van der Waals surface area contributed by atoms with E-state index in [1.807, 2.05) is 31.2 Å². The highest BCUT2D eigenvalue weighted by molar-refractivity contribution is 14.1. The molecule has 0 bridgehead atoms. The Hall–Kier alpha value is -1.59. The van der Waals surface area contributed by atoms with E-state index in [1.165, 1.54) is 0 Å². The fraction of sp³-hybridized carbons (Fsp3) is 0.526. The number of nitrogens with zero attached hydrogens (tertiary/aromatic N) is 2. The van der Waals surface area contributed by atoms with Gasteiger partial charge in [-0.05, 0) is 18.6 Å². The van der Waals surface area contributed by atoms with Crippen LogP contribution in [0, 0.1) is 0 Å². The summed E-state index contributed by atoms with van der Waals surface area (Å²) < 4.78 is 4.43. The summed E-state index contributed by atoms with van der Waals surface area (Å²) in [5.41, 5.74) is 0.961. The van der Waals surface area contributed by atoms with Crippen molar-refractivity contribution in [3.63, 3.8) is 0 Å². The van der Waals surface area contributed by atoms with Crippen molar-refractivity contribution in [1.82, 2.24) is 10.2 Å². The number of benzene rings is 1. The summed E-state index contributed by atoms with van der Waals surface area (Å²) in [6.07, 6.45) is -1.51. The highest BCUT2D eigenvalue weighted by Crippen LogP contribution is 2.27. The van der Waals surface area contributed by atoms with Crippen LogP contribution in [0.2, 0.25) is 5.02 Å². The Morgan fingerprint density at radius 1 is 1.24 bits per heavy atom. The van der Waals surface area contributed by atoms with Gasteiger partial charge >= 0.3 is 5.97 Å². The SMILES string of the molecule is CCC(NC(=O)[C@H]1O[C@@H]1C(=O)O)[C@H](I)C(=O)N1CCN(c2ccccc2Cl)CC1. The van der Waals surface area contributed by atoms with Gasteiger partial charge in [0.25, 0.3) is 5.91 Å². The van der Waals surface area contributed by atoms with Gasteiger partial charge in [-0.25, -0.2) is 4.79 Å². The van der Waals surface area contributed by atoms with Crippen LogP contribution in [0.5, 0.6) is 0 Å². The average molecular weight is 536 g/mol. The van der Waals surface area contributed by atoms with Crippen LogP contribution in [-0.4, -0.2) is 76.1 Å². The zero-order valence-corrected chi connectivity index (χ0v) is 18.8. The average Bonchev–Trinajstić information content (AvgIpc) is 3.53. The molecule has 4 atom stereocenters. The molecule has 0 spiro atoms. The number of amides is 2. The number of nitrogens with one attached hydrogen (secondary N) is 1. The summed E-state index contributed by atoms with van der Waals surface area (Å²) in [6, 6.07) is 7.25. The molecule has 2 aliphatic rings. The molecule has 158 valence electrons. The summed E-state index contributed by atoms with van der Waals surface area (Å²) in [6.45, 7) is 4.37. The van der Waals surface area contributed by atoms with Crippen molar-refractivity contribution in [3.8, 4) is 0 Å². The number of hydrogen-bond donors (Lipinski definition) is 2. The fourth-order valence-corrected chi connectivity index (χ4v) is 4.71. The predicted octanol–water partition coefficient (Wildman–Crippen LogP) is 1.54. The molecule has 0 saturated carbocycles. The fourth-order valence-electron chi connectivity index (χ4n) is 3.37. The van der Waals surface area contributed by atoms with E-state index in [0.29, 0.717) is 37.6 Å². The van der Waals surface area contributed by atoms with E-state index in [9.17, 15) is 14.4 Å². The van der Waals surface area contributed by atoms with E-state index in [0.717, 1.165) is 5.69 Å². The maximum Gasteiger partial charge on any atom is 0.336 e. The third-order valence-electron chi connectivity index (χ3n) is 5.13. The number of epoxide rings is 1. The number of rotatable bonds is 7. The van der Waals surface area contributed by atoms with E-state index in [-0.39, 0.29) is 5.91 Å². The number of alkyl halides is 1. The molecule has 1 aromatic rings. The molecule has 0 aliphatic carbocycles. The first kappa shape index (κ1) is 22.1. The molecule has 2 saturated heterocycles. The van der Waals surface area contributed by atoms with Gasteiger partial charge in [0.2, 0.25) is 5.91 Å². The molecule has 1 aromatic carbocycles. The van der Waals surface area contributed by atoms with E-state index < -0.39 is 34.1 Å². The molecule has 1 unspecified atom stereocenters. The highest BCUT2D eigenvalue weighted by Gasteiger charge is 2.51. The summed E-state index contributed by atoms with van der Waals surface area (Å²) in [5, 5.41) is 12.3. The molecular formula is C19H23ClIN3O5. The smallest absolute Gasteiger partial charge is 0.336 e. The number of piperazine rings is 1. The van der Waals surface area contributed by atoms with Crippen LogP contribution in [-0.2, 0) is 19.1 Å². The normalized spacial score (nSPS) is 23.3. The first-order chi connectivity index (χ1) is 13.8. The van der Waals surface area contributed by atoms with Gasteiger partial charge in [0.15, 0.2) is 12.2 Å². The molecule has 10 heteroatoms. The Labute approximate surface area is 187 Å². The summed E-state index contributed by atoms with van der Waals surface area (Å²) >= 11 is 8.32. The van der Waals surface area contributed by atoms with Crippen LogP contribution in [0.15, 0.2) is 24.3 Å². The number of carboxylic acids is 1. The maximum absolute atomic E-state index is 12.9. The second kappa shape index (κ2) is 9.48. The minimum absolute atomic E-state index is 0.0388. The van der Waals surface area contributed by atoms with Gasteiger partial charge in [0.1, 0.15) is 3.92 Å². The molecule has 2 N–H and O–H groups in total. The van der Waals surface area contributed by atoms with Crippen molar-refractivity contribution >= 4 is 57.7 Å². The topological polar surface area (TPSA) is 102 Å². The van der Waals surface area contributed by atoms with E-state index in [4.69, 9.17) is 21.4 Å². The van der Waals surface area contributed by atoms with Crippen LogP contribution in [0.25, 0.3) is 0 Å². The van der Waals surface area contributed by atoms with Gasteiger partial charge < -0.3 is 25.0 Å². The molecule has 0 radical (unpaired) electrons. The molecular weight excluding hydrogens is 513 g/mol. The van der Waals surface area contributed by atoms with Crippen LogP contribution >= 0.6 is 34.2 Å². The van der Waals surface area contributed by atoms with Gasteiger partial charge in [-0.1, -0.05) is 53.2 Å². The largest absolute Gasteiger partial charge is 0.479 e. The third kappa shape index (κ3) is 5.13. The Kier molecular flexibility index (Phi) is 7.23. The first-order valence-corrected chi connectivity index (χ1v) is 11.1. The lowest BCUT2D eigenvalue weighted by atomic mass is 10.1. The zero-order chi connectivity index (χ0) is 21.1. The van der Waals surface area contributed by atoms with Crippen molar-refractivity contribution in [2.75, 3.05) is 31.1 Å². The van der Waals surface area contributed by atoms with Gasteiger partial charge in [-0.3, -0.25) is 9.59 Å². The third-order valence-corrected chi connectivity index (χ3v) is 6.86. The molecule has 2 amide bonds. The standard InChI is InChI=1S/C19H23ClIN3O5/c1-2-12(22-17(25)15-16(29-15)19(27)28)14(21)18(26)24-9-7-23(8-10-24)13-6-4-3-5-11(13)20/h3-6,12,14-16H,2,7-10H2,1H3,(H,22,25)(H,27,28)/t12?,14-,15-,16-/m0/s1. The van der Waals surface area contributed by atoms with Crippen molar-refractivity contribution in [1.29, 1.82) is 0 Å². The zero-order valence-electron chi connectivity index (χ0n) is 15.9. The number of para-hydroxylation sites is 1. The minimum Gasteiger partial charge on any atom is -0.479 e. The van der Waals surface area contributed by atoms with Crippen LogP contribution < -0.4 is 10.2 Å². The Morgan fingerprint density at radius 3 is 2.45 bits per heavy atom. The van der Waals surface area contributed by atoms with Gasteiger partial charge in [-0.2, -0.15) is 0 Å². The molecule has 3 rings (SSSR count). The monoisotopic (exact) mass is 535 g/mol. The molecule has 2 heterocycles.